The van der Waals surface area contributed by atoms with E-state index >= 15 is 0 Å². The van der Waals surface area contributed by atoms with Crippen molar-refractivity contribution in [2.45, 2.75) is 13.0 Å². The second-order valence-electron chi connectivity index (χ2n) is 2.29. The molecule has 0 aliphatic carbocycles. The van der Waals surface area contributed by atoms with Crippen LogP contribution in [0.15, 0.2) is 30.3 Å². The van der Waals surface area contributed by atoms with Crippen molar-refractivity contribution >= 4 is 13.5 Å². The molecule has 0 heterocycles. The van der Waals surface area contributed by atoms with Crippen LogP contribution < -0.4 is 0 Å². The Balaban J connectivity index is 0.000001000. The van der Waals surface area contributed by atoms with E-state index in [1.165, 1.54) is 5.56 Å². The Kier molecular flexibility index (Phi) is 4.99. The van der Waals surface area contributed by atoms with E-state index in [0.717, 1.165) is 0 Å². The summed E-state index contributed by atoms with van der Waals surface area (Å²) in [6, 6.07) is 10.2. The topological polar surface area (TPSA) is 9.23 Å². The first kappa shape index (κ1) is 10.5. The van der Waals surface area contributed by atoms with Gasteiger partial charge in [-0.15, -0.1) is 0 Å². The van der Waals surface area contributed by atoms with Gasteiger partial charge < -0.3 is 4.74 Å². The van der Waals surface area contributed by atoms with Crippen molar-refractivity contribution in [3.63, 3.8) is 0 Å². The number of rotatable bonds is 2. The lowest BCUT2D eigenvalue weighted by molar-refractivity contribution is 0.119. The summed E-state index contributed by atoms with van der Waals surface area (Å²) in [6.45, 7) is 2.04. The van der Waals surface area contributed by atoms with E-state index in [1.54, 1.807) is 7.11 Å². The van der Waals surface area contributed by atoms with Gasteiger partial charge in [0, 0.05) is 7.11 Å². The molecule has 1 nitrogen and oxygen atoms in total. The van der Waals surface area contributed by atoms with Gasteiger partial charge in [0.25, 0.3) is 0 Å². The summed E-state index contributed by atoms with van der Waals surface area (Å²) in [5, 5.41) is 0. The Morgan fingerprint density at radius 3 is 2.18 bits per heavy atom. The standard InChI is InChI=1S/C9H12O.H2S/c1-8(10-2)9-6-4-3-5-7-9;/h3-8H,1-2H3;1H2/t8-;/m0./s1. The number of hydrogen-bond acceptors (Lipinski definition) is 1. The minimum Gasteiger partial charge on any atom is -0.377 e. The summed E-state index contributed by atoms with van der Waals surface area (Å²) in [7, 11) is 1.72. The van der Waals surface area contributed by atoms with Gasteiger partial charge in [0.05, 0.1) is 6.10 Å². The number of methoxy groups -OCH3 is 1. The molecular formula is C9H14OS. The maximum Gasteiger partial charge on any atom is 0.0793 e. The molecule has 1 rings (SSSR count). The van der Waals surface area contributed by atoms with Crippen molar-refractivity contribution in [2.75, 3.05) is 7.11 Å². The average Bonchev–Trinajstić information content (AvgIpc) is 2.05. The van der Waals surface area contributed by atoms with Gasteiger partial charge in [0.1, 0.15) is 0 Å². The minimum atomic E-state index is 0. The van der Waals surface area contributed by atoms with Crippen LogP contribution in [-0.4, -0.2) is 7.11 Å². The fourth-order valence-electron chi connectivity index (χ4n) is 0.860. The van der Waals surface area contributed by atoms with Crippen molar-refractivity contribution in [3.8, 4) is 0 Å². The number of ether oxygens (including phenoxy) is 1. The predicted molar refractivity (Wildman–Crippen MR) is 52.2 cm³/mol. The fraction of sp³-hybridized carbons (Fsp3) is 0.333. The zero-order valence-corrected chi connectivity index (χ0v) is 7.87. The number of hydrogen-bond donors (Lipinski definition) is 0. The van der Waals surface area contributed by atoms with Gasteiger partial charge in [-0.1, -0.05) is 30.3 Å². The van der Waals surface area contributed by atoms with Crippen molar-refractivity contribution in [1.82, 2.24) is 0 Å². The summed E-state index contributed by atoms with van der Waals surface area (Å²) < 4.78 is 5.14. The molecule has 1 aromatic carbocycles. The molecule has 1 atom stereocenters. The van der Waals surface area contributed by atoms with Gasteiger partial charge in [-0.25, -0.2) is 0 Å². The minimum absolute atomic E-state index is 0. The third-order valence-corrected chi connectivity index (χ3v) is 1.62. The van der Waals surface area contributed by atoms with E-state index < -0.39 is 0 Å². The van der Waals surface area contributed by atoms with Gasteiger partial charge in [-0.05, 0) is 12.5 Å². The van der Waals surface area contributed by atoms with E-state index in [2.05, 4.69) is 12.1 Å². The molecule has 0 bridgehead atoms. The normalized spacial score (nSPS) is 11.8. The zero-order chi connectivity index (χ0) is 7.40. The van der Waals surface area contributed by atoms with Crippen molar-refractivity contribution in [1.29, 1.82) is 0 Å². The Hall–Kier alpha value is -0.470. The third-order valence-electron chi connectivity index (χ3n) is 1.62. The van der Waals surface area contributed by atoms with Crippen LogP contribution in [0.3, 0.4) is 0 Å². The molecule has 0 amide bonds. The molecular weight excluding hydrogens is 156 g/mol. The fourth-order valence-corrected chi connectivity index (χ4v) is 0.860. The van der Waals surface area contributed by atoms with E-state index in [4.69, 9.17) is 4.74 Å². The lowest BCUT2D eigenvalue weighted by atomic mass is 10.1. The quantitative estimate of drug-likeness (QED) is 0.662. The van der Waals surface area contributed by atoms with E-state index in [1.807, 2.05) is 25.1 Å². The maximum atomic E-state index is 5.14. The Morgan fingerprint density at radius 1 is 1.18 bits per heavy atom. The molecule has 1 aromatic rings. The van der Waals surface area contributed by atoms with E-state index in [0.29, 0.717) is 0 Å². The molecule has 0 spiro atoms. The van der Waals surface area contributed by atoms with Gasteiger partial charge in [0.2, 0.25) is 0 Å². The molecule has 0 fully saturated rings. The molecule has 62 valence electrons. The lowest BCUT2D eigenvalue weighted by Gasteiger charge is -2.07. The second-order valence-corrected chi connectivity index (χ2v) is 2.29. The third kappa shape index (κ3) is 2.95. The highest BCUT2D eigenvalue weighted by Gasteiger charge is 1.99. The first-order chi connectivity index (χ1) is 4.84. The van der Waals surface area contributed by atoms with Crippen LogP contribution in [0.2, 0.25) is 0 Å². The Morgan fingerprint density at radius 2 is 1.73 bits per heavy atom. The summed E-state index contributed by atoms with van der Waals surface area (Å²) in [6.07, 6.45) is 0.209. The van der Waals surface area contributed by atoms with E-state index in [-0.39, 0.29) is 19.6 Å². The lowest BCUT2D eigenvalue weighted by Crippen LogP contribution is -1.93. The Labute approximate surface area is 74.8 Å². The second kappa shape index (κ2) is 5.22. The largest absolute Gasteiger partial charge is 0.377 e. The molecule has 2 heteroatoms. The van der Waals surface area contributed by atoms with Crippen molar-refractivity contribution in [3.05, 3.63) is 35.9 Å². The molecule has 0 aliphatic rings. The molecule has 11 heavy (non-hydrogen) atoms. The zero-order valence-electron chi connectivity index (χ0n) is 6.87. The van der Waals surface area contributed by atoms with Crippen LogP contribution in [-0.2, 0) is 4.74 Å². The highest BCUT2D eigenvalue weighted by molar-refractivity contribution is 7.59. The molecule has 0 N–H and O–H groups in total. The molecule has 0 saturated carbocycles. The van der Waals surface area contributed by atoms with Gasteiger partial charge in [-0.2, -0.15) is 13.5 Å². The molecule has 0 aromatic heterocycles. The molecule has 0 radical (unpaired) electrons. The average molecular weight is 170 g/mol. The van der Waals surface area contributed by atoms with Crippen LogP contribution in [0.25, 0.3) is 0 Å². The first-order valence-corrected chi connectivity index (χ1v) is 3.42. The summed E-state index contributed by atoms with van der Waals surface area (Å²) in [5.74, 6) is 0. The summed E-state index contributed by atoms with van der Waals surface area (Å²) >= 11 is 0. The summed E-state index contributed by atoms with van der Waals surface area (Å²) in [5.41, 5.74) is 1.23. The molecule has 0 aliphatic heterocycles. The number of benzene rings is 1. The SMILES string of the molecule is CO[C@@H](C)c1ccccc1.S. The molecule has 0 saturated heterocycles. The van der Waals surface area contributed by atoms with Gasteiger partial charge >= 0.3 is 0 Å². The monoisotopic (exact) mass is 170 g/mol. The van der Waals surface area contributed by atoms with Crippen LogP contribution in [0.5, 0.6) is 0 Å². The van der Waals surface area contributed by atoms with E-state index in [9.17, 15) is 0 Å². The smallest absolute Gasteiger partial charge is 0.0793 e. The van der Waals surface area contributed by atoms with Crippen LogP contribution in [0, 0.1) is 0 Å². The summed E-state index contributed by atoms with van der Waals surface area (Å²) in [4.78, 5) is 0. The van der Waals surface area contributed by atoms with Crippen molar-refractivity contribution < 1.29 is 4.74 Å². The first-order valence-electron chi connectivity index (χ1n) is 3.42. The van der Waals surface area contributed by atoms with Gasteiger partial charge in [-0.3, -0.25) is 0 Å². The van der Waals surface area contributed by atoms with Crippen molar-refractivity contribution in [2.24, 2.45) is 0 Å². The van der Waals surface area contributed by atoms with Crippen LogP contribution in [0.1, 0.15) is 18.6 Å². The highest BCUT2D eigenvalue weighted by atomic mass is 32.1. The predicted octanol–water partition coefficient (Wildman–Crippen LogP) is 2.51. The van der Waals surface area contributed by atoms with Gasteiger partial charge in [0.15, 0.2) is 0 Å². The molecule has 0 unspecified atom stereocenters. The van der Waals surface area contributed by atoms with Crippen LogP contribution in [0.4, 0.5) is 0 Å². The van der Waals surface area contributed by atoms with Crippen LogP contribution >= 0.6 is 13.5 Å². The Bertz CT molecular complexity index is 186. The maximum absolute atomic E-state index is 5.14. The highest BCUT2D eigenvalue weighted by Crippen LogP contribution is 2.13.